The number of rotatable bonds is 3. The summed E-state index contributed by atoms with van der Waals surface area (Å²) in [4.78, 5) is 10.3. The average Bonchev–Trinajstić information content (AvgIpc) is 2.78. The molecule has 34 heavy (non-hydrogen) atoms. The Morgan fingerprint density at radius 2 is 1.50 bits per heavy atom. The molecule has 0 saturated carbocycles. The second-order valence-electron chi connectivity index (χ2n) is 7.36. The predicted octanol–water partition coefficient (Wildman–Crippen LogP) is 0.858. The molecule has 1 aliphatic rings. The molecule has 4 aromatic rings. The summed E-state index contributed by atoms with van der Waals surface area (Å²) in [5, 5.41) is 24.3. The fourth-order valence-electron chi connectivity index (χ4n) is 3.76. The third kappa shape index (κ3) is 4.18. The van der Waals surface area contributed by atoms with E-state index in [1.165, 1.54) is 18.2 Å². The fraction of sp³-hybridized carbons (Fsp3) is 0. The standard InChI is InChI=1S/C22H16N3O6PS.Na/c26-22-15-6-2-1-5-14(15)21(33(29,30)31)12-18(22)25-24-13-9-10-17-20(11-13)32(27,28)19-8-4-3-7-16(19)23-17;/h1-12,23,26H,(H,27,28)(H,29,30,31);/q;+1/p-1. The van der Waals surface area contributed by atoms with Crippen LogP contribution >= 0.6 is 7.37 Å². The van der Waals surface area contributed by atoms with Gasteiger partial charge in [-0.1, -0.05) is 42.1 Å². The zero-order valence-corrected chi connectivity index (χ0v) is 21.4. The van der Waals surface area contributed by atoms with Crippen LogP contribution in [0.1, 0.15) is 0 Å². The molecular formula is C22H15N3NaO6PS. The van der Waals surface area contributed by atoms with Crippen LogP contribution in [0.2, 0.25) is 0 Å². The van der Waals surface area contributed by atoms with E-state index >= 15 is 0 Å². The molecule has 166 valence electrons. The van der Waals surface area contributed by atoms with Gasteiger partial charge < -0.3 is 15.3 Å². The van der Waals surface area contributed by atoms with E-state index in [0.717, 1.165) is 6.07 Å². The Kier molecular flexibility index (Phi) is 6.43. The summed E-state index contributed by atoms with van der Waals surface area (Å²) in [5.41, 5.74) is 0.873. The summed E-state index contributed by atoms with van der Waals surface area (Å²) in [6.45, 7) is 0. The van der Waals surface area contributed by atoms with Crippen LogP contribution in [0.3, 0.4) is 0 Å². The molecule has 0 aliphatic carbocycles. The van der Waals surface area contributed by atoms with E-state index < -0.39 is 28.1 Å². The van der Waals surface area contributed by atoms with Gasteiger partial charge in [-0.3, -0.25) is 9.12 Å². The van der Waals surface area contributed by atoms with Crippen molar-refractivity contribution < 1.29 is 57.1 Å². The van der Waals surface area contributed by atoms with Crippen LogP contribution in [0.4, 0.5) is 22.7 Å². The third-order valence-electron chi connectivity index (χ3n) is 5.30. The SMILES string of the molecule is O=P1(O)c2ccccc2Nc2ccc(N=Nc3cc(S(=O)(=O)O)c4ccccc4c3[O-])cc21.[Na+]. The molecule has 5 rings (SSSR count). The normalized spacial score (nSPS) is 17.0. The number of nitrogens with one attached hydrogen (secondary N) is 1. The maximum absolute atomic E-state index is 13.2. The Labute approximate surface area is 216 Å². The molecule has 4 aromatic carbocycles. The summed E-state index contributed by atoms with van der Waals surface area (Å²) in [7, 11) is -8.53. The van der Waals surface area contributed by atoms with E-state index in [4.69, 9.17) is 0 Å². The van der Waals surface area contributed by atoms with E-state index in [-0.39, 0.29) is 62.3 Å². The van der Waals surface area contributed by atoms with Crippen LogP contribution in [0, 0.1) is 0 Å². The van der Waals surface area contributed by atoms with Gasteiger partial charge in [-0.25, -0.2) is 0 Å². The number of benzene rings is 4. The van der Waals surface area contributed by atoms with Gasteiger partial charge in [0, 0.05) is 5.39 Å². The number of fused-ring (bicyclic) bond motifs is 3. The van der Waals surface area contributed by atoms with Crippen molar-refractivity contribution in [2.75, 3.05) is 5.32 Å². The average molecular weight is 503 g/mol. The largest absolute Gasteiger partial charge is 1.00 e. The quantitative estimate of drug-likeness (QED) is 0.162. The first-order valence-corrected chi connectivity index (χ1v) is 12.7. The fourth-order valence-corrected chi connectivity index (χ4v) is 6.24. The molecule has 1 atom stereocenters. The molecule has 1 aliphatic heterocycles. The van der Waals surface area contributed by atoms with Crippen LogP contribution in [0.15, 0.2) is 87.9 Å². The van der Waals surface area contributed by atoms with Crippen molar-refractivity contribution in [1.29, 1.82) is 0 Å². The molecule has 3 N–H and O–H groups in total. The second kappa shape index (κ2) is 8.90. The number of hydrogen-bond acceptors (Lipinski definition) is 7. The number of para-hydroxylation sites is 1. The Morgan fingerprint density at radius 3 is 2.24 bits per heavy atom. The number of hydrogen-bond donors (Lipinski definition) is 3. The molecule has 0 bridgehead atoms. The molecule has 1 heterocycles. The minimum atomic E-state index is -4.63. The number of azo groups is 1. The van der Waals surface area contributed by atoms with E-state index in [1.54, 1.807) is 48.5 Å². The molecule has 0 amide bonds. The van der Waals surface area contributed by atoms with Gasteiger partial charge in [-0.05, 0) is 41.8 Å². The maximum Gasteiger partial charge on any atom is 1.00 e. The summed E-state index contributed by atoms with van der Waals surface area (Å²) < 4.78 is 46.4. The monoisotopic (exact) mass is 503 g/mol. The summed E-state index contributed by atoms with van der Waals surface area (Å²) in [6, 6.07) is 18.1. The Balaban J connectivity index is 0.00000274. The summed E-state index contributed by atoms with van der Waals surface area (Å²) in [6.07, 6.45) is 0. The summed E-state index contributed by atoms with van der Waals surface area (Å²) >= 11 is 0. The third-order valence-corrected chi connectivity index (χ3v) is 8.26. The smallest absolute Gasteiger partial charge is 0.871 e. The Hall–Kier alpha value is -2.56. The number of anilines is 2. The van der Waals surface area contributed by atoms with Crippen molar-refractivity contribution in [3.05, 3.63) is 72.8 Å². The first-order valence-electron chi connectivity index (χ1n) is 9.62. The van der Waals surface area contributed by atoms with Crippen molar-refractivity contribution in [3.63, 3.8) is 0 Å². The number of nitrogens with zero attached hydrogens (tertiary/aromatic N) is 2. The molecule has 1 unspecified atom stereocenters. The van der Waals surface area contributed by atoms with Crippen molar-refractivity contribution in [1.82, 2.24) is 0 Å². The van der Waals surface area contributed by atoms with Crippen LogP contribution in [-0.2, 0) is 14.7 Å². The molecule has 0 aromatic heterocycles. The summed E-state index contributed by atoms with van der Waals surface area (Å²) in [5.74, 6) is -0.567. The van der Waals surface area contributed by atoms with Crippen LogP contribution in [0.5, 0.6) is 5.75 Å². The molecule has 0 saturated heterocycles. The first kappa shape index (κ1) is 24.6. The van der Waals surface area contributed by atoms with E-state index in [2.05, 4.69) is 15.5 Å². The van der Waals surface area contributed by atoms with Gasteiger partial charge in [0.1, 0.15) is 4.90 Å². The van der Waals surface area contributed by atoms with Crippen molar-refractivity contribution in [2.24, 2.45) is 10.2 Å². The Morgan fingerprint density at radius 1 is 0.853 bits per heavy atom. The van der Waals surface area contributed by atoms with E-state index in [1.807, 2.05) is 0 Å². The van der Waals surface area contributed by atoms with Gasteiger partial charge in [0.15, 0.2) is 0 Å². The van der Waals surface area contributed by atoms with Crippen LogP contribution in [0.25, 0.3) is 10.8 Å². The van der Waals surface area contributed by atoms with Crippen LogP contribution in [-0.4, -0.2) is 17.9 Å². The minimum Gasteiger partial charge on any atom is -0.871 e. The zero-order valence-electron chi connectivity index (χ0n) is 17.7. The van der Waals surface area contributed by atoms with E-state index in [9.17, 15) is 27.5 Å². The van der Waals surface area contributed by atoms with Gasteiger partial charge >= 0.3 is 29.6 Å². The molecule has 12 heteroatoms. The van der Waals surface area contributed by atoms with E-state index in [0.29, 0.717) is 11.4 Å². The zero-order chi connectivity index (χ0) is 23.4. The Bertz CT molecular complexity index is 1640. The molecular weight excluding hydrogens is 488 g/mol. The second-order valence-corrected chi connectivity index (χ2v) is 10.9. The van der Waals surface area contributed by atoms with Crippen molar-refractivity contribution in [2.45, 2.75) is 4.90 Å². The van der Waals surface area contributed by atoms with Crippen molar-refractivity contribution >= 4 is 61.6 Å². The predicted molar refractivity (Wildman–Crippen MR) is 123 cm³/mol. The van der Waals surface area contributed by atoms with Gasteiger partial charge in [0.25, 0.3) is 17.5 Å². The first-order chi connectivity index (χ1) is 15.7. The van der Waals surface area contributed by atoms with Gasteiger partial charge in [-0.2, -0.15) is 18.6 Å². The molecule has 0 fully saturated rings. The van der Waals surface area contributed by atoms with Crippen molar-refractivity contribution in [3.8, 4) is 5.75 Å². The topological polar surface area (TPSA) is 151 Å². The minimum absolute atomic E-state index is 0. The van der Waals surface area contributed by atoms with Gasteiger partial charge in [0.05, 0.1) is 33.4 Å². The maximum atomic E-state index is 13.2. The molecule has 0 spiro atoms. The van der Waals surface area contributed by atoms with Gasteiger partial charge in [0.2, 0.25) is 0 Å². The molecule has 9 nitrogen and oxygen atoms in total. The van der Waals surface area contributed by atoms with Crippen LogP contribution < -0.4 is 50.6 Å². The van der Waals surface area contributed by atoms with Gasteiger partial charge in [-0.15, -0.1) is 0 Å². The molecule has 0 radical (unpaired) electrons.